The summed E-state index contributed by atoms with van der Waals surface area (Å²) in [5, 5.41) is 5.60. The van der Waals surface area contributed by atoms with Gasteiger partial charge in [-0.05, 0) is 42.0 Å². The fourth-order valence-electron chi connectivity index (χ4n) is 2.96. The van der Waals surface area contributed by atoms with Gasteiger partial charge in [0.15, 0.2) is 5.82 Å². The number of benzene rings is 2. The van der Waals surface area contributed by atoms with Gasteiger partial charge in [0.2, 0.25) is 0 Å². The van der Waals surface area contributed by atoms with E-state index in [4.69, 9.17) is 4.74 Å². The van der Waals surface area contributed by atoms with Crippen LogP contribution in [0.1, 0.15) is 11.1 Å². The first-order chi connectivity index (χ1) is 15.3. The standard InChI is InChI=1S/C24H21N5O2/c30-24(28-16-18-5-3-12-25-15-18)29-20-8-10-21(11-9-20)31-17-19-6-1-2-7-22(19)23-26-13-4-14-27-23/h1-15H,16-17H2,(H2,28,29,30). The second-order valence-corrected chi connectivity index (χ2v) is 6.71. The lowest BCUT2D eigenvalue weighted by atomic mass is 10.1. The van der Waals surface area contributed by atoms with E-state index in [0.29, 0.717) is 30.4 Å². The molecule has 0 aliphatic rings. The number of pyridine rings is 1. The topological polar surface area (TPSA) is 89.0 Å². The van der Waals surface area contributed by atoms with Gasteiger partial charge in [0.05, 0.1) is 0 Å². The number of rotatable bonds is 7. The molecular formula is C24H21N5O2. The van der Waals surface area contributed by atoms with Crippen LogP contribution in [-0.4, -0.2) is 21.0 Å². The van der Waals surface area contributed by atoms with E-state index >= 15 is 0 Å². The molecule has 0 fully saturated rings. The minimum absolute atomic E-state index is 0.283. The van der Waals surface area contributed by atoms with Crippen LogP contribution in [0.5, 0.6) is 5.75 Å². The Labute approximate surface area is 180 Å². The first kappa shape index (κ1) is 20.0. The van der Waals surface area contributed by atoms with Crippen molar-refractivity contribution < 1.29 is 9.53 Å². The smallest absolute Gasteiger partial charge is 0.319 e. The second kappa shape index (κ2) is 9.98. The highest BCUT2D eigenvalue weighted by atomic mass is 16.5. The van der Waals surface area contributed by atoms with Gasteiger partial charge >= 0.3 is 6.03 Å². The lowest BCUT2D eigenvalue weighted by Crippen LogP contribution is -2.28. The highest BCUT2D eigenvalue weighted by Gasteiger charge is 2.08. The van der Waals surface area contributed by atoms with Crippen LogP contribution < -0.4 is 15.4 Å². The number of ether oxygens (including phenoxy) is 1. The fraction of sp³-hybridized carbons (Fsp3) is 0.0833. The minimum Gasteiger partial charge on any atom is -0.489 e. The molecule has 0 aliphatic carbocycles. The Morgan fingerprint density at radius 3 is 2.45 bits per heavy atom. The number of carbonyl (C=O) groups is 1. The quantitative estimate of drug-likeness (QED) is 0.469. The Kier molecular flexibility index (Phi) is 6.45. The summed E-state index contributed by atoms with van der Waals surface area (Å²) in [6.45, 7) is 0.790. The van der Waals surface area contributed by atoms with Gasteiger partial charge in [-0.15, -0.1) is 0 Å². The maximum absolute atomic E-state index is 12.1. The van der Waals surface area contributed by atoms with Gasteiger partial charge in [-0.3, -0.25) is 4.98 Å². The lowest BCUT2D eigenvalue weighted by molar-refractivity contribution is 0.251. The fourth-order valence-corrected chi connectivity index (χ4v) is 2.96. The van der Waals surface area contributed by atoms with Gasteiger partial charge in [-0.1, -0.05) is 30.3 Å². The van der Waals surface area contributed by atoms with Gasteiger partial charge < -0.3 is 15.4 Å². The van der Waals surface area contributed by atoms with Crippen LogP contribution >= 0.6 is 0 Å². The number of aromatic nitrogens is 3. The molecule has 2 N–H and O–H groups in total. The number of carbonyl (C=O) groups excluding carboxylic acids is 1. The van der Waals surface area contributed by atoms with Crippen LogP contribution in [0.25, 0.3) is 11.4 Å². The number of hydrogen-bond donors (Lipinski definition) is 2. The molecule has 4 aromatic rings. The van der Waals surface area contributed by atoms with E-state index in [2.05, 4.69) is 25.6 Å². The molecule has 4 rings (SSSR count). The third kappa shape index (κ3) is 5.63. The molecule has 0 atom stereocenters. The molecule has 31 heavy (non-hydrogen) atoms. The zero-order valence-corrected chi connectivity index (χ0v) is 16.7. The van der Waals surface area contributed by atoms with E-state index in [1.807, 2.05) is 48.5 Å². The summed E-state index contributed by atoms with van der Waals surface area (Å²) in [5.41, 5.74) is 3.54. The van der Waals surface area contributed by atoms with Crippen LogP contribution in [0.3, 0.4) is 0 Å². The molecule has 0 spiro atoms. The van der Waals surface area contributed by atoms with E-state index in [1.54, 1.807) is 43.0 Å². The monoisotopic (exact) mass is 411 g/mol. The van der Waals surface area contributed by atoms with Gasteiger partial charge in [0, 0.05) is 48.1 Å². The van der Waals surface area contributed by atoms with Crippen molar-refractivity contribution in [2.24, 2.45) is 0 Å². The molecule has 0 bridgehead atoms. The molecule has 7 nitrogen and oxygen atoms in total. The highest BCUT2D eigenvalue weighted by Crippen LogP contribution is 2.22. The molecule has 154 valence electrons. The van der Waals surface area contributed by atoms with Crippen LogP contribution in [0.2, 0.25) is 0 Å². The van der Waals surface area contributed by atoms with E-state index in [-0.39, 0.29) is 6.03 Å². The molecule has 2 heterocycles. The molecule has 2 aromatic carbocycles. The Hall–Kier alpha value is -4.26. The molecule has 0 unspecified atom stereocenters. The summed E-state index contributed by atoms with van der Waals surface area (Å²) >= 11 is 0. The predicted octanol–water partition coefficient (Wildman–Crippen LogP) is 4.44. The van der Waals surface area contributed by atoms with Crippen LogP contribution in [0.4, 0.5) is 10.5 Å². The van der Waals surface area contributed by atoms with E-state index in [1.165, 1.54) is 0 Å². The average molecular weight is 411 g/mol. The van der Waals surface area contributed by atoms with Crippen molar-refractivity contribution in [3.05, 3.63) is 103 Å². The number of nitrogens with zero attached hydrogens (tertiary/aromatic N) is 3. The van der Waals surface area contributed by atoms with Crippen molar-refractivity contribution in [3.8, 4) is 17.1 Å². The molecule has 0 radical (unpaired) electrons. The second-order valence-electron chi connectivity index (χ2n) is 6.71. The number of urea groups is 1. The predicted molar refractivity (Wildman–Crippen MR) is 118 cm³/mol. The normalized spacial score (nSPS) is 10.3. The average Bonchev–Trinajstić information content (AvgIpc) is 2.84. The maximum Gasteiger partial charge on any atom is 0.319 e. The van der Waals surface area contributed by atoms with Crippen LogP contribution in [0.15, 0.2) is 91.5 Å². The van der Waals surface area contributed by atoms with Crippen LogP contribution in [0, 0.1) is 0 Å². The number of nitrogens with one attached hydrogen (secondary N) is 2. The van der Waals surface area contributed by atoms with E-state index in [9.17, 15) is 4.79 Å². The Morgan fingerprint density at radius 2 is 1.68 bits per heavy atom. The third-order valence-corrected chi connectivity index (χ3v) is 4.51. The Bertz CT molecular complexity index is 1120. The van der Waals surface area contributed by atoms with Crippen molar-refractivity contribution in [1.82, 2.24) is 20.3 Å². The van der Waals surface area contributed by atoms with Gasteiger partial charge in [-0.2, -0.15) is 0 Å². The highest BCUT2D eigenvalue weighted by molar-refractivity contribution is 5.89. The summed E-state index contributed by atoms with van der Waals surface area (Å²) in [6.07, 6.45) is 6.85. The maximum atomic E-state index is 12.1. The number of amides is 2. The summed E-state index contributed by atoms with van der Waals surface area (Å²) in [4.78, 5) is 24.7. The molecular weight excluding hydrogens is 390 g/mol. The van der Waals surface area contributed by atoms with Crippen molar-refractivity contribution >= 4 is 11.7 Å². The molecule has 7 heteroatoms. The van der Waals surface area contributed by atoms with E-state index in [0.717, 1.165) is 16.7 Å². The number of anilines is 1. The lowest BCUT2D eigenvalue weighted by Gasteiger charge is -2.11. The van der Waals surface area contributed by atoms with Gasteiger partial charge in [0.1, 0.15) is 12.4 Å². The Morgan fingerprint density at radius 1 is 0.871 bits per heavy atom. The van der Waals surface area contributed by atoms with Gasteiger partial charge in [0.25, 0.3) is 0 Å². The summed E-state index contributed by atoms with van der Waals surface area (Å²) in [7, 11) is 0. The first-order valence-corrected chi connectivity index (χ1v) is 9.80. The zero-order chi connectivity index (χ0) is 21.3. The number of hydrogen-bond acceptors (Lipinski definition) is 5. The Balaban J connectivity index is 1.32. The first-order valence-electron chi connectivity index (χ1n) is 9.80. The largest absolute Gasteiger partial charge is 0.489 e. The van der Waals surface area contributed by atoms with Crippen molar-refractivity contribution in [2.75, 3.05) is 5.32 Å². The summed E-state index contributed by atoms with van der Waals surface area (Å²) in [6, 6.07) is 20.4. The molecule has 0 saturated heterocycles. The van der Waals surface area contributed by atoms with Crippen molar-refractivity contribution in [1.29, 1.82) is 0 Å². The zero-order valence-electron chi connectivity index (χ0n) is 16.7. The summed E-state index contributed by atoms with van der Waals surface area (Å²) < 4.78 is 5.93. The van der Waals surface area contributed by atoms with E-state index < -0.39 is 0 Å². The molecule has 2 aromatic heterocycles. The van der Waals surface area contributed by atoms with Crippen molar-refractivity contribution in [2.45, 2.75) is 13.2 Å². The van der Waals surface area contributed by atoms with Crippen LogP contribution in [-0.2, 0) is 13.2 Å². The third-order valence-electron chi connectivity index (χ3n) is 4.51. The molecule has 0 saturated carbocycles. The molecule has 2 amide bonds. The minimum atomic E-state index is -0.283. The molecule has 0 aliphatic heterocycles. The SMILES string of the molecule is O=C(NCc1cccnc1)Nc1ccc(OCc2ccccc2-c2ncccn2)cc1. The summed E-state index contributed by atoms with van der Waals surface area (Å²) in [5.74, 6) is 1.36. The van der Waals surface area contributed by atoms with Crippen molar-refractivity contribution in [3.63, 3.8) is 0 Å². The van der Waals surface area contributed by atoms with Gasteiger partial charge in [-0.25, -0.2) is 14.8 Å².